The van der Waals surface area contributed by atoms with Gasteiger partial charge in [-0.05, 0) is 50.7 Å². The van der Waals surface area contributed by atoms with Crippen molar-refractivity contribution in [3.63, 3.8) is 0 Å². The molecule has 0 aliphatic carbocycles. The maximum atomic E-state index is 5.85. The molecule has 1 heterocycles. The molecule has 2 rings (SSSR count). The SMILES string of the molecule is CCCOc1ccc(OCc2cc(CNC)sc2C)cc1. The summed E-state index contributed by atoms with van der Waals surface area (Å²) in [6.07, 6.45) is 1.02. The minimum absolute atomic E-state index is 0.612. The molecule has 0 aliphatic heterocycles. The van der Waals surface area contributed by atoms with Crippen molar-refractivity contribution in [2.75, 3.05) is 13.7 Å². The fraction of sp³-hybridized carbons (Fsp3) is 0.412. The molecule has 1 aromatic carbocycles. The van der Waals surface area contributed by atoms with E-state index in [1.54, 1.807) is 0 Å². The topological polar surface area (TPSA) is 30.5 Å². The highest BCUT2D eigenvalue weighted by Gasteiger charge is 2.06. The smallest absolute Gasteiger partial charge is 0.120 e. The first-order valence-electron chi connectivity index (χ1n) is 7.31. The second kappa shape index (κ2) is 8.05. The van der Waals surface area contributed by atoms with E-state index in [1.165, 1.54) is 15.3 Å². The largest absolute Gasteiger partial charge is 0.494 e. The van der Waals surface area contributed by atoms with Crippen molar-refractivity contribution in [3.8, 4) is 11.5 Å². The van der Waals surface area contributed by atoms with Crippen LogP contribution in [-0.4, -0.2) is 13.7 Å². The van der Waals surface area contributed by atoms with E-state index < -0.39 is 0 Å². The third-order valence-corrected chi connectivity index (χ3v) is 4.21. The Bertz CT molecular complexity index is 548. The van der Waals surface area contributed by atoms with Crippen molar-refractivity contribution >= 4 is 11.3 Å². The van der Waals surface area contributed by atoms with Gasteiger partial charge in [0.1, 0.15) is 18.1 Å². The normalized spacial score (nSPS) is 10.6. The summed E-state index contributed by atoms with van der Waals surface area (Å²) in [7, 11) is 1.97. The van der Waals surface area contributed by atoms with E-state index in [0.29, 0.717) is 6.61 Å². The van der Waals surface area contributed by atoms with Crippen LogP contribution in [0.25, 0.3) is 0 Å². The van der Waals surface area contributed by atoms with Gasteiger partial charge in [0.25, 0.3) is 0 Å². The highest BCUT2D eigenvalue weighted by molar-refractivity contribution is 7.12. The van der Waals surface area contributed by atoms with Crippen molar-refractivity contribution in [2.24, 2.45) is 0 Å². The van der Waals surface area contributed by atoms with Gasteiger partial charge in [0, 0.05) is 21.9 Å². The van der Waals surface area contributed by atoms with E-state index >= 15 is 0 Å². The van der Waals surface area contributed by atoms with Crippen LogP contribution in [0.15, 0.2) is 30.3 Å². The lowest BCUT2D eigenvalue weighted by Crippen LogP contribution is -2.02. The molecule has 2 aromatic rings. The van der Waals surface area contributed by atoms with Gasteiger partial charge in [-0.2, -0.15) is 0 Å². The Morgan fingerprint density at radius 1 is 1.10 bits per heavy atom. The van der Waals surface area contributed by atoms with Crippen molar-refractivity contribution in [1.29, 1.82) is 0 Å². The predicted molar refractivity (Wildman–Crippen MR) is 88.4 cm³/mol. The van der Waals surface area contributed by atoms with Crippen LogP contribution < -0.4 is 14.8 Å². The summed E-state index contributed by atoms with van der Waals surface area (Å²) < 4.78 is 11.4. The predicted octanol–water partition coefficient (Wildman–Crippen LogP) is 4.14. The molecule has 0 saturated heterocycles. The number of ether oxygens (including phenoxy) is 2. The molecule has 0 unspecified atom stereocenters. The lowest BCUT2D eigenvalue weighted by Gasteiger charge is -2.08. The number of hydrogen-bond donors (Lipinski definition) is 1. The zero-order valence-corrected chi connectivity index (χ0v) is 13.8. The van der Waals surface area contributed by atoms with Gasteiger partial charge in [-0.1, -0.05) is 6.92 Å². The van der Waals surface area contributed by atoms with Crippen LogP contribution in [0, 0.1) is 6.92 Å². The minimum Gasteiger partial charge on any atom is -0.494 e. The average Bonchev–Trinajstić information content (AvgIpc) is 2.84. The van der Waals surface area contributed by atoms with Crippen LogP contribution in [0.2, 0.25) is 0 Å². The van der Waals surface area contributed by atoms with E-state index in [1.807, 2.05) is 42.6 Å². The summed E-state index contributed by atoms with van der Waals surface area (Å²) in [5.74, 6) is 1.77. The quantitative estimate of drug-likeness (QED) is 0.795. The first-order valence-corrected chi connectivity index (χ1v) is 8.13. The number of benzene rings is 1. The zero-order chi connectivity index (χ0) is 15.1. The fourth-order valence-corrected chi connectivity index (χ4v) is 3.07. The Morgan fingerprint density at radius 2 is 1.76 bits per heavy atom. The summed E-state index contributed by atoms with van der Waals surface area (Å²) in [4.78, 5) is 2.67. The van der Waals surface area contributed by atoms with Crippen molar-refractivity contribution in [2.45, 2.75) is 33.4 Å². The number of hydrogen-bond acceptors (Lipinski definition) is 4. The Kier molecular flexibility index (Phi) is 6.08. The van der Waals surface area contributed by atoms with Crippen molar-refractivity contribution in [1.82, 2.24) is 5.32 Å². The highest BCUT2D eigenvalue weighted by Crippen LogP contribution is 2.24. The number of thiophene rings is 1. The zero-order valence-electron chi connectivity index (χ0n) is 12.9. The Morgan fingerprint density at radius 3 is 2.38 bits per heavy atom. The van der Waals surface area contributed by atoms with Gasteiger partial charge in [0.2, 0.25) is 0 Å². The summed E-state index contributed by atoms with van der Waals surface area (Å²) in [6.45, 7) is 6.52. The van der Waals surface area contributed by atoms with Gasteiger partial charge >= 0.3 is 0 Å². The third kappa shape index (κ3) is 4.76. The standard InChI is InChI=1S/C17H23NO2S/c1-4-9-19-15-5-7-16(8-6-15)20-12-14-10-17(11-18-3)21-13(14)2/h5-8,10,18H,4,9,11-12H2,1-3H3. The Labute approximate surface area is 130 Å². The molecule has 0 saturated carbocycles. The molecule has 4 heteroatoms. The van der Waals surface area contributed by atoms with Crippen LogP contribution >= 0.6 is 11.3 Å². The van der Waals surface area contributed by atoms with E-state index in [2.05, 4.69) is 25.2 Å². The van der Waals surface area contributed by atoms with E-state index in [9.17, 15) is 0 Å². The highest BCUT2D eigenvalue weighted by atomic mass is 32.1. The van der Waals surface area contributed by atoms with Gasteiger partial charge < -0.3 is 14.8 Å². The monoisotopic (exact) mass is 305 g/mol. The van der Waals surface area contributed by atoms with Gasteiger partial charge in [0.15, 0.2) is 0 Å². The Balaban J connectivity index is 1.90. The Hall–Kier alpha value is -1.52. The molecule has 3 nitrogen and oxygen atoms in total. The summed E-state index contributed by atoms with van der Waals surface area (Å²) >= 11 is 1.82. The molecule has 0 amide bonds. The number of aryl methyl sites for hydroxylation is 1. The molecule has 0 spiro atoms. The summed E-state index contributed by atoms with van der Waals surface area (Å²) in [5, 5.41) is 3.18. The second-order valence-corrected chi connectivity index (χ2v) is 6.27. The molecule has 114 valence electrons. The summed E-state index contributed by atoms with van der Waals surface area (Å²) in [5.41, 5.74) is 1.26. The minimum atomic E-state index is 0.612. The molecule has 1 aromatic heterocycles. The van der Waals surface area contributed by atoms with E-state index in [-0.39, 0.29) is 0 Å². The molecule has 1 N–H and O–H groups in total. The molecule has 0 aliphatic rings. The second-order valence-electron chi connectivity index (χ2n) is 4.93. The van der Waals surface area contributed by atoms with Crippen LogP contribution in [-0.2, 0) is 13.2 Å². The maximum Gasteiger partial charge on any atom is 0.120 e. The average molecular weight is 305 g/mol. The lowest BCUT2D eigenvalue weighted by molar-refractivity contribution is 0.301. The first-order chi connectivity index (χ1) is 10.2. The van der Waals surface area contributed by atoms with Crippen molar-refractivity contribution in [3.05, 3.63) is 45.6 Å². The van der Waals surface area contributed by atoms with Gasteiger partial charge in [-0.15, -0.1) is 11.3 Å². The summed E-state index contributed by atoms with van der Waals surface area (Å²) in [6, 6.07) is 10.0. The third-order valence-electron chi connectivity index (χ3n) is 3.11. The van der Waals surface area contributed by atoms with Crippen molar-refractivity contribution < 1.29 is 9.47 Å². The van der Waals surface area contributed by atoms with Crippen LogP contribution in [0.5, 0.6) is 11.5 Å². The van der Waals surface area contributed by atoms with Gasteiger partial charge in [-0.25, -0.2) is 0 Å². The molecule has 21 heavy (non-hydrogen) atoms. The number of rotatable bonds is 8. The number of nitrogens with one attached hydrogen (secondary N) is 1. The molecular weight excluding hydrogens is 282 g/mol. The maximum absolute atomic E-state index is 5.85. The molecular formula is C17H23NO2S. The van der Waals surface area contributed by atoms with Gasteiger partial charge in [-0.3, -0.25) is 0 Å². The molecule has 0 bridgehead atoms. The molecule has 0 fully saturated rings. The molecule has 0 radical (unpaired) electrons. The first kappa shape index (κ1) is 15.9. The lowest BCUT2D eigenvalue weighted by atomic mass is 10.2. The fourth-order valence-electron chi connectivity index (χ4n) is 2.01. The van der Waals surface area contributed by atoms with Crippen LogP contribution in [0.1, 0.15) is 28.7 Å². The van der Waals surface area contributed by atoms with E-state index in [0.717, 1.165) is 31.1 Å². The van der Waals surface area contributed by atoms with Crippen LogP contribution in [0.3, 0.4) is 0 Å². The van der Waals surface area contributed by atoms with E-state index in [4.69, 9.17) is 9.47 Å². The van der Waals surface area contributed by atoms with Gasteiger partial charge in [0.05, 0.1) is 6.61 Å². The molecule has 0 atom stereocenters. The van der Waals surface area contributed by atoms with Crippen LogP contribution in [0.4, 0.5) is 0 Å².